The summed E-state index contributed by atoms with van der Waals surface area (Å²) in [7, 11) is 2.60. The van der Waals surface area contributed by atoms with Crippen LogP contribution in [0.15, 0.2) is 34.9 Å². The van der Waals surface area contributed by atoms with Crippen LogP contribution in [0, 0.1) is 0 Å². The van der Waals surface area contributed by atoms with E-state index in [1.807, 2.05) is 0 Å². The van der Waals surface area contributed by atoms with Gasteiger partial charge in [0, 0.05) is 37.4 Å². The third-order valence-corrected chi connectivity index (χ3v) is 3.69. The molecule has 1 saturated heterocycles. The Morgan fingerprint density at radius 3 is 2.64 bits per heavy atom. The molecular formula is C19H21N5O4. The summed E-state index contributed by atoms with van der Waals surface area (Å²) in [6, 6.07) is 0.654. The Balaban J connectivity index is 1.99. The molecular weight excluding hydrogens is 362 g/mol. The maximum atomic E-state index is 13.3. The molecule has 0 radical (unpaired) electrons. The fourth-order valence-corrected chi connectivity index (χ4v) is 2.37. The molecule has 0 spiro atoms. The minimum Gasteiger partial charge on any atom is -0.493 e. The molecule has 3 aromatic rings. The lowest BCUT2D eigenvalue weighted by molar-refractivity contribution is 0.0714. The molecule has 3 heterocycles. The maximum Gasteiger partial charge on any atom is 0.289 e. The highest BCUT2D eigenvalue weighted by Crippen LogP contribution is 2.34. The van der Waals surface area contributed by atoms with Gasteiger partial charge in [-0.2, -0.15) is 4.98 Å². The average Bonchev–Trinajstić information content (AvgIpc) is 3.13. The number of aromatic nitrogens is 2. The van der Waals surface area contributed by atoms with Gasteiger partial charge in [-0.15, -0.1) is 0 Å². The van der Waals surface area contributed by atoms with E-state index in [0.717, 1.165) is 0 Å². The number of carbonyl (C=O) groups excluding carboxylic acids is 1. The third kappa shape index (κ3) is 3.15. The molecule has 1 fully saturated rings. The Labute approximate surface area is 180 Å². The van der Waals surface area contributed by atoms with Gasteiger partial charge >= 0.3 is 0 Å². The number of rotatable bonds is 5. The van der Waals surface area contributed by atoms with Crippen LogP contribution in [0.1, 0.15) is 25.6 Å². The number of furan rings is 1. The van der Waals surface area contributed by atoms with E-state index in [9.17, 15) is 4.79 Å². The van der Waals surface area contributed by atoms with Crippen molar-refractivity contribution in [2.45, 2.75) is 0 Å². The summed E-state index contributed by atoms with van der Waals surface area (Å²) in [6.45, 7) is -14.8. The SMILES string of the molecule is [2H]c1oc(C(=O)N2C([2H])([2H])C([2H])([2H])N(c3nc(N([2H])[2H])c4cc(OC)c(OC)cc4n3)C([2H])([2H])C2([2H])[2H])c([2H])c1[2H]. The predicted octanol–water partition coefficient (Wildman–Crippen LogP) is 1.78. The summed E-state index contributed by atoms with van der Waals surface area (Å²) < 4.78 is 122. The predicted molar refractivity (Wildman–Crippen MR) is 104 cm³/mol. The standard InChI is InChI=1S/C19H21N5O4/c1-26-15-10-12-13(11-16(15)27-2)21-19(22-17(12)20)24-7-5-23(6-8-24)18(25)14-4-3-9-28-14/h3-4,9-11H,5-8H2,1-2H3,(H2,20,21,22)/i3D,4D,5D2,6D2,7D2,8D2,9D/hD2. The number of piperazine rings is 1. The van der Waals surface area contributed by atoms with Gasteiger partial charge in [0.2, 0.25) is 5.95 Å². The van der Waals surface area contributed by atoms with E-state index in [1.165, 1.54) is 26.4 Å². The van der Waals surface area contributed by atoms with Crippen LogP contribution in [0.4, 0.5) is 11.8 Å². The Hall–Kier alpha value is -3.49. The Kier molecular flexibility index (Phi) is 2.14. The Morgan fingerprint density at radius 2 is 2.00 bits per heavy atom. The van der Waals surface area contributed by atoms with Crippen LogP contribution in [0.3, 0.4) is 0 Å². The number of methoxy groups -OCH3 is 2. The van der Waals surface area contributed by atoms with Gasteiger partial charge in [-0.3, -0.25) is 4.79 Å². The zero-order valence-electron chi connectivity index (χ0n) is 27.5. The van der Waals surface area contributed by atoms with Crippen LogP contribution in [-0.4, -0.2) is 61.0 Å². The first-order valence-electron chi connectivity index (χ1n) is 14.1. The summed E-state index contributed by atoms with van der Waals surface area (Å²) >= 11 is 0. The second kappa shape index (κ2) is 7.26. The average molecular weight is 396 g/mol. The van der Waals surface area contributed by atoms with Gasteiger partial charge in [-0.05, 0) is 18.2 Å². The minimum absolute atomic E-state index is 0.00278. The number of nitrogens with zero attached hydrogens (tertiary/aromatic N) is 4. The second-order valence-corrected chi connectivity index (χ2v) is 5.28. The van der Waals surface area contributed by atoms with Gasteiger partial charge in [0.1, 0.15) is 7.19 Å². The van der Waals surface area contributed by atoms with Crippen molar-refractivity contribution in [2.24, 2.45) is 0 Å². The summed E-state index contributed by atoms with van der Waals surface area (Å²) in [5, 5.41) is -0.00412. The van der Waals surface area contributed by atoms with E-state index < -0.39 is 72.6 Å². The molecule has 0 atom stereocenters. The molecule has 1 aliphatic rings. The number of nitrogen functional groups attached to an aromatic ring is 1. The number of ether oxygens (including phenoxy) is 2. The van der Waals surface area contributed by atoms with E-state index in [4.69, 9.17) is 31.8 Å². The number of anilines is 2. The molecule has 1 amide bonds. The van der Waals surface area contributed by atoms with Gasteiger partial charge in [-0.25, -0.2) is 4.98 Å². The van der Waals surface area contributed by atoms with Crippen LogP contribution < -0.4 is 20.1 Å². The van der Waals surface area contributed by atoms with E-state index >= 15 is 0 Å². The Bertz CT molecular complexity index is 1520. The largest absolute Gasteiger partial charge is 0.493 e. The van der Waals surface area contributed by atoms with Gasteiger partial charge in [0.05, 0.1) is 39.7 Å². The van der Waals surface area contributed by atoms with Crippen molar-refractivity contribution in [1.29, 1.82) is 0 Å². The highest BCUT2D eigenvalue weighted by molar-refractivity contribution is 5.92. The molecule has 146 valence electrons. The van der Waals surface area contributed by atoms with E-state index in [1.54, 1.807) is 0 Å². The lowest BCUT2D eigenvalue weighted by Gasteiger charge is -2.34. The monoisotopic (exact) mass is 396 g/mol. The smallest absolute Gasteiger partial charge is 0.289 e. The molecule has 2 aromatic heterocycles. The summed E-state index contributed by atoms with van der Waals surface area (Å²) in [4.78, 5) is 20.7. The van der Waals surface area contributed by atoms with Gasteiger partial charge < -0.3 is 29.4 Å². The maximum absolute atomic E-state index is 13.3. The van der Waals surface area contributed by atoms with Crippen molar-refractivity contribution in [3.05, 3.63) is 36.2 Å². The van der Waals surface area contributed by atoms with Gasteiger partial charge in [-0.1, -0.05) is 0 Å². The van der Waals surface area contributed by atoms with Crippen LogP contribution >= 0.6 is 0 Å². The zero-order valence-corrected chi connectivity index (χ0v) is 14.5. The lowest BCUT2D eigenvalue weighted by atomic mass is 10.2. The van der Waals surface area contributed by atoms with Gasteiger partial charge in [0.25, 0.3) is 5.91 Å². The van der Waals surface area contributed by atoms with Gasteiger partial charge in [0.15, 0.2) is 20.1 Å². The molecule has 1 aromatic carbocycles. The molecule has 28 heavy (non-hydrogen) atoms. The second-order valence-electron chi connectivity index (χ2n) is 5.28. The van der Waals surface area contributed by atoms with E-state index in [0.29, 0.717) is 0 Å². The lowest BCUT2D eigenvalue weighted by Crippen LogP contribution is -2.49. The molecule has 9 heteroatoms. The van der Waals surface area contributed by atoms with E-state index in [-0.39, 0.29) is 33.0 Å². The highest BCUT2D eigenvalue weighted by Gasteiger charge is 2.25. The molecule has 0 saturated carbocycles. The number of benzene rings is 1. The number of hydrogen-bond acceptors (Lipinski definition) is 8. The Morgan fingerprint density at radius 1 is 1.25 bits per heavy atom. The topological polar surface area (TPSA) is 107 Å². The van der Waals surface area contributed by atoms with Crippen LogP contribution in [-0.2, 0) is 0 Å². The summed E-state index contributed by atoms with van der Waals surface area (Å²) in [5.41, 5.74) is -0.143. The van der Waals surface area contributed by atoms with Crippen molar-refractivity contribution in [2.75, 3.05) is 50.8 Å². The number of hydrogen-bond donors (Lipinski definition) is 1. The fourth-order valence-electron chi connectivity index (χ4n) is 2.37. The number of amides is 1. The first kappa shape index (κ1) is 8.26. The molecule has 0 unspecified atom stereocenters. The van der Waals surface area contributed by atoms with Crippen molar-refractivity contribution in [3.8, 4) is 11.5 Å². The molecule has 1 aliphatic heterocycles. The first-order valence-corrected chi connectivity index (χ1v) is 7.70. The number of carbonyl (C=O) groups is 1. The minimum atomic E-state index is -3.75. The van der Waals surface area contributed by atoms with Crippen LogP contribution in [0.5, 0.6) is 11.5 Å². The molecule has 0 aliphatic carbocycles. The molecule has 2 N–H and O–H groups in total. The normalized spacial score (nSPS) is 28.1. The van der Waals surface area contributed by atoms with Crippen molar-refractivity contribution in [3.63, 3.8) is 0 Å². The van der Waals surface area contributed by atoms with Crippen molar-refractivity contribution < 1.29 is 36.6 Å². The van der Waals surface area contributed by atoms with Crippen molar-refractivity contribution in [1.82, 2.24) is 14.9 Å². The summed E-state index contributed by atoms with van der Waals surface area (Å²) in [6.07, 6.45) is -0.969. The molecule has 4 rings (SSSR count). The fraction of sp³-hybridized carbons (Fsp3) is 0.316. The molecule has 0 bridgehead atoms. The first-order chi connectivity index (χ1) is 18.8. The van der Waals surface area contributed by atoms with E-state index in [2.05, 4.69) is 9.97 Å². The van der Waals surface area contributed by atoms with Crippen molar-refractivity contribution >= 4 is 28.6 Å². The summed E-state index contributed by atoms with van der Waals surface area (Å²) in [5.74, 6) is -4.29. The molecule has 9 nitrogen and oxygen atoms in total. The number of fused-ring (bicyclic) bond motifs is 1. The third-order valence-electron chi connectivity index (χ3n) is 3.69. The van der Waals surface area contributed by atoms with Crippen LogP contribution in [0.2, 0.25) is 2.82 Å². The number of nitrogens with two attached hydrogens (primary N) is 1. The quantitative estimate of drug-likeness (QED) is 0.695. The van der Waals surface area contributed by atoms with Crippen LogP contribution in [0.25, 0.3) is 10.9 Å². The zero-order chi connectivity index (χ0) is 31.0. The highest BCUT2D eigenvalue weighted by atomic mass is 16.5.